The molecule has 1 amide bonds. The van der Waals surface area contributed by atoms with Gasteiger partial charge in [-0.3, -0.25) is 9.69 Å². The molecule has 0 bridgehead atoms. The molecule has 2 rings (SSSR count). The van der Waals surface area contributed by atoms with Crippen molar-refractivity contribution in [3.05, 3.63) is 11.3 Å². The van der Waals surface area contributed by atoms with Gasteiger partial charge in [0.25, 0.3) is 0 Å². The van der Waals surface area contributed by atoms with E-state index < -0.39 is 0 Å². The SMILES string of the molecule is CC(C)(C)C1=C(C(C)(C)C)NC(=O)[C@@H]2C[C@@H](O)CN2C1. The van der Waals surface area contributed by atoms with Crippen molar-refractivity contribution >= 4 is 5.91 Å². The Balaban J connectivity index is 2.46. The van der Waals surface area contributed by atoms with E-state index in [-0.39, 0.29) is 28.9 Å². The van der Waals surface area contributed by atoms with Crippen LogP contribution in [0.15, 0.2) is 11.3 Å². The number of carbonyl (C=O) groups is 1. The zero-order valence-electron chi connectivity index (χ0n) is 13.6. The third kappa shape index (κ3) is 2.91. The van der Waals surface area contributed by atoms with Crippen molar-refractivity contribution in [1.82, 2.24) is 10.2 Å². The van der Waals surface area contributed by atoms with Gasteiger partial charge in [-0.2, -0.15) is 0 Å². The van der Waals surface area contributed by atoms with Gasteiger partial charge in [0.2, 0.25) is 5.91 Å². The fourth-order valence-corrected chi connectivity index (χ4v) is 3.14. The maximum Gasteiger partial charge on any atom is 0.241 e. The highest BCUT2D eigenvalue weighted by Gasteiger charge is 2.42. The largest absolute Gasteiger partial charge is 0.392 e. The van der Waals surface area contributed by atoms with Crippen LogP contribution in [0.2, 0.25) is 0 Å². The molecular weight excluding hydrogens is 252 g/mol. The van der Waals surface area contributed by atoms with E-state index in [1.807, 2.05) is 0 Å². The summed E-state index contributed by atoms with van der Waals surface area (Å²) in [6, 6.07) is -0.192. The number of hydrogen-bond donors (Lipinski definition) is 2. The highest BCUT2D eigenvalue weighted by molar-refractivity contribution is 5.84. The Morgan fingerprint density at radius 1 is 1.15 bits per heavy atom. The molecule has 0 unspecified atom stereocenters. The van der Waals surface area contributed by atoms with E-state index in [2.05, 4.69) is 51.8 Å². The van der Waals surface area contributed by atoms with Gasteiger partial charge in [-0.05, 0) is 17.4 Å². The third-order valence-corrected chi connectivity index (χ3v) is 4.25. The van der Waals surface area contributed by atoms with Crippen LogP contribution in [0.3, 0.4) is 0 Å². The van der Waals surface area contributed by atoms with Crippen molar-refractivity contribution in [3.63, 3.8) is 0 Å². The summed E-state index contributed by atoms with van der Waals surface area (Å²) in [6.45, 7) is 14.3. The van der Waals surface area contributed by atoms with Crippen LogP contribution in [0.4, 0.5) is 0 Å². The van der Waals surface area contributed by atoms with Gasteiger partial charge < -0.3 is 10.4 Å². The molecule has 0 radical (unpaired) electrons. The van der Waals surface area contributed by atoms with Crippen LogP contribution in [0.25, 0.3) is 0 Å². The Morgan fingerprint density at radius 2 is 1.75 bits per heavy atom. The minimum atomic E-state index is -0.386. The number of allylic oxidation sites excluding steroid dienone is 1. The number of carbonyl (C=O) groups excluding carboxylic acids is 1. The lowest BCUT2D eigenvalue weighted by Gasteiger charge is -2.33. The van der Waals surface area contributed by atoms with Gasteiger partial charge in [0.05, 0.1) is 12.1 Å². The minimum absolute atomic E-state index is 0.00166. The van der Waals surface area contributed by atoms with Crippen LogP contribution < -0.4 is 5.32 Å². The van der Waals surface area contributed by atoms with Crippen molar-refractivity contribution in [2.45, 2.75) is 60.1 Å². The molecule has 0 aromatic carbocycles. The molecule has 0 aromatic heterocycles. The molecule has 0 aliphatic carbocycles. The lowest BCUT2D eigenvalue weighted by molar-refractivity contribution is -0.124. The molecule has 114 valence electrons. The summed E-state index contributed by atoms with van der Waals surface area (Å²) in [5.74, 6) is 0.0331. The predicted octanol–water partition coefficient (Wildman–Crippen LogP) is 1.90. The van der Waals surface area contributed by atoms with Gasteiger partial charge in [-0.25, -0.2) is 0 Å². The zero-order chi connectivity index (χ0) is 15.3. The Bertz CT molecular complexity index is 440. The Morgan fingerprint density at radius 3 is 2.25 bits per heavy atom. The summed E-state index contributed by atoms with van der Waals surface area (Å²) >= 11 is 0. The number of nitrogens with zero attached hydrogens (tertiary/aromatic N) is 1. The maximum atomic E-state index is 12.5. The quantitative estimate of drug-likeness (QED) is 0.712. The molecule has 0 spiro atoms. The third-order valence-electron chi connectivity index (χ3n) is 4.25. The first-order chi connectivity index (χ1) is 9.00. The van der Waals surface area contributed by atoms with E-state index in [0.29, 0.717) is 13.0 Å². The number of amides is 1. The van der Waals surface area contributed by atoms with E-state index in [1.165, 1.54) is 5.57 Å². The first kappa shape index (κ1) is 15.5. The molecule has 2 N–H and O–H groups in total. The number of aliphatic hydroxyl groups excluding tert-OH is 1. The summed E-state index contributed by atoms with van der Waals surface area (Å²) < 4.78 is 0. The number of nitrogens with one attached hydrogen (secondary N) is 1. The van der Waals surface area contributed by atoms with Crippen LogP contribution in [0, 0.1) is 10.8 Å². The topological polar surface area (TPSA) is 52.6 Å². The van der Waals surface area contributed by atoms with Crippen molar-refractivity contribution in [2.75, 3.05) is 13.1 Å². The Hall–Kier alpha value is -0.870. The van der Waals surface area contributed by atoms with Gasteiger partial charge in [0.1, 0.15) is 0 Å². The van der Waals surface area contributed by atoms with Crippen LogP contribution in [-0.4, -0.2) is 41.1 Å². The van der Waals surface area contributed by atoms with Crippen LogP contribution >= 0.6 is 0 Å². The normalized spacial score (nSPS) is 29.2. The summed E-state index contributed by atoms with van der Waals surface area (Å²) in [6.07, 6.45) is 0.156. The number of rotatable bonds is 0. The van der Waals surface area contributed by atoms with E-state index in [0.717, 1.165) is 12.2 Å². The molecule has 2 heterocycles. The van der Waals surface area contributed by atoms with Gasteiger partial charge in [0.15, 0.2) is 0 Å². The van der Waals surface area contributed by atoms with Crippen LogP contribution in [0.5, 0.6) is 0 Å². The molecule has 0 saturated carbocycles. The average molecular weight is 280 g/mol. The van der Waals surface area contributed by atoms with Gasteiger partial charge in [0, 0.05) is 24.2 Å². The van der Waals surface area contributed by atoms with Crippen molar-refractivity contribution in [1.29, 1.82) is 0 Å². The molecule has 0 aromatic rings. The first-order valence-corrected chi connectivity index (χ1v) is 7.47. The zero-order valence-corrected chi connectivity index (χ0v) is 13.6. The number of aliphatic hydroxyl groups is 1. The Labute approximate surface area is 122 Å². The fraction of sp³-hybridized carbons (Fsp3) is 0.812. The van der Waals surface area contributed by atoms with Gasteiger partial charge in [-0.1, -0.05) is 41.5 Å². The molecule has 2 atom stereocenters. The smallest absolute Gasteiger partial charge is 0.241 e. The van der Waals surface area contributed by atoms with Crippen LogP contribution in [-0.2, 0) is 4.79 Å². The second kappa shape index (κ2) is 4.85. The predicted molar refractivity (Wildman–Crippen MR) is 80.1 cm³/mol. The molecule has 4 nitrogen and oxygen atoms in total. The number of hydrogen-bond acceptors (Lipinski definition) is 3. The first-order valence-electron chi connectivity index (χ1n) is 7.47. The molecule has 2 aliphatic heterocycles. The summed E-state index contributed by atoms with van der Waals surface area (Å²) in [5.41, 5.74) is 2.24. The standard InChI is InChI=1S/C16H28N2O2/c1-15(2,3)11-9-18-8-10(19)7-12(18)14(20)17-13(11)16(4,5)6/h10,12,19H,7-9H2,1-6H3,(H,17,20)/t10-,12+/m1/s1. The highest BCUT2D eigenvalue weighted by atomic mass is 16.3. The van der Waals surface area contributed by atoms with Crippen molar-refractivity contribution in [2.24, 2.45) is 10.8 Å². The van der Waals surface area contributed by atoms with E-state index >= 15 is 0 Å². The average Bonchev–Trinajstić information content (AvgIpc) is 2.54. The van der Waals surface area contributed by atoms with E-state index in [1.54, 1.807) is 0 Å². The second-order valence-electron chi connectivity index (χ2n) is 8.18. The fourth-order valence-electron chi connectivity index (χ4n) is 3.14. The van der Waals surface area contributed by atoms with Crippen LogP contribution in [0.1, 0.15) is 48.0 Å². The van der Waals surface area contributed by atoms with Crippen molar-refractivity contribution in [3.8, 4) is 0 Å². The number of fused-ring (bicyclic) bond motifs is 1. The van der Waals surface area contributed by atoms with Gasteiger partial charge in [-0.15, -0.1) is 0 Å². The van der Waals surface area contributed by atoms with E-state index in [4.69, 9.17) is 0 Å². The second-order valence-corrected chi connectivity index (χ2v) is 8.18. The Kier molecular flexibility index (Phi) is 3.76. The minimum Gasteiger partial charge on any atom is -0.392 e. The molecule has 1 saturated heterocycles. The lowest BCUT2D eigenvalue weighted by Crippen LogP contribution is -2.41. The molecule has 2 aliphatic rings. The van der Waals surface area contributed by atoms with Gasteiger partial charge >= 0.3 is 0 Å². The molecule has 4 heteroatoms. The van der Waals surface area contributed by atoms with Crippen molar-refractivity contribution < 1.29 is 9.90 Å². The maximum absolute atomic E-state index is 12.5. The molecule has 20 heavy (non-hydrogen) atoms. The summed E-state index contributed by atoms with van der Waals surface area (Å²) in [7, 11) is 0. The molecular formula is C16H28N2O2. The summed E-state index contributed by atoms with van der Waals surface area (Å²) in [5, 5.41) is 13.0. The van der Waals surface area contributed by atoms with E-state index in [9.17, 15) is 9.90 Å². The summed E-state index contributed by atoms with van der Waals surface area (Å²) in [4.78, 5) is 14.6. The molecule has 1 fully saturated rings. The highest BCUT2D eigenvalue weighted by Crippen LogP contribution is 2.38. The lowest BCUT2D eigenvalue weighted by atomic mass is 9.78. The monoisotopic (exact) mass is 280 g/mol.